The maximum absolute atomic E-state index is 11.2. The molecule has 6 nitrogen and oxygen atoms in total. The summed E-state index contributed by atoms with van der Waals surface area (Å²) in [5.74, 6) is 1.42. The Balaban J connectivity index is 0.000000497. The largest absolute Gasteiger partial charge is 0.483 e. The molecule has 1 fully saturated rings. The van der Waals surface area contributed by atoms with Gasteiger partial charge in [0.1, 0.15) is 5.82 Å². The SMILES string of the molecule is Cn1ccnc1-c1ccc(C2CNC(=O)C2)cc1.O=CO. The van der Waals surface area contributed by atoms with Gasteiger partial charge in [-0.05, 0) is 5.56 Å². The van der Waals surface area contributed by atoms with Gasteiger partial charge in [0.05, 0.1) is 0 Å². The molecule has 1 aromatic carbocycles. The van der Waals surface area contributed by atoms with Crippen LogP contribution in [-0.2, 0) is 16.6 Å². The zero-order valence-electron chi connectivity index (χ0n) is 11.7. The molecule has 3 rings (SSSR count). The molecule has 110 valence electrons. The highest BCUT2D eigenvalue weighted by Gasteiger charge is 2.22. The van der Waals surface area contributed by atoms with Crippen LogP contribution in [0.4, 0.5) is 0 Å². The number of aromatic nitrogens is 2. The quantitative estimate of drug-likeness (QED) is 0.818. The van der Waals surface area contributed by atoms with Crippen molar-refractivity contribution >= 4 is 12.4 Å². The Bertz CT molecular complexity index is 619. The van der Waals surface area contributed by atoms with Crippen molar-refractivity contribution in [2.75, 3.05) is 6.54 Å². The van der Waals surface area contributed by atoms with E-state index in [2.05, 4.69) is 34.6 Å². The zero-order valence-corrected chi connectivity index (χ0v) is 11.7. The molecule has 21 heavy (non-hydrogen) atoms. The molecule has 1 amide bonds. The van der Waals surface area contributed by atoms with E-state index in [4.69, 9.17) is 9.90 Å². The molecule has 0 spiro atoms. The molecule has 0 aliphatic carbocycles. The smallest absolute Gasteiger partial charge is 0.290 e. The molecule has 0 radical (unpaired) electrons. The third-order valence-corrected chi connectivity index (χ3v) is 3.44. The maximum atomic E-state index is 11.2. The van der Waals surface area contributed by atoms with Crippen LogP contribution in [0.3, 0.4) is 0 Å². The lowest BCUT2D eigenvalue weighted by Gasteiger charge is -2.08. The topological polar surface area (TPSA) is 84.2 Å². The Kier molecular flexibility index (Phi) is 4.71. The first-order valence-electron chi connectivity index (χ1n) is 6.58. The fourth-order valence-corrected chi connectivity index (χ4v) is 2.39. The molecular formula is C15H17N3O3. The number of imidazole rings is 1. The molecule has 6 heteroatoms. The van der Waals surface area contributed by atoms with Crippen molar-refractivity contribution in [3.05, 3.63) is 42.2 Å². The molecule has 1 aromatic heterocycles. The standard InChI is InChI=1S/C14H15N3O.CH2O2/c1-17-7-6-15-14(17)11-4-2-10(3-5-11)12-8-13(18)16-9-12;2-1-3/h2-7,12H,8-9H2,1H3,(H,16,18);1H,(H,2,3). The van der Waals surface area contributed by atoms with Crippen LogP contribution in [0.1, 0.15) is 17.9 Å². The number of rotatable bonds is 2. The van der Waals surface area contributed by atoms with Gasteiger partial charge in [0.2, 0.25) is 5.91 Å². The van der Waals surface area contributed by atoms with Crippen LogP contribution in [0.5, 0.6) is 0 Å². The van der Waals surface area contributed by atoms with E-state index < -0.39 is 0 Å². The van der Waals surface area contributed by atoms with Crippen molar-refractivity contribution in [1.82, 2.24) is 14.9 Å². The average molecular weight is 287 g/mol. The van der Waals surface area contributed by atoms with Gasteiger partial charge in [-0.3, -0.25) is 9.59 Å². The summed E-state index contributed by atoms with van der Waals surface area (Å²) < 4.78 is 2.00. The molecular weight excluding hydrogens is 270 g/mol. The Hall–Kier alpha value is -2.63. The number of carbonyl (C=O) groups is 2. The Morgan fingerprint density at radius 3 is 2.52 bits per heavy atom. The minimum Gasteiger partial charge on any atom is -0.483 e. The molecule has 2 heterocycles. The lowest BCUT2D eigenvalue weighted by molar-refractivity contribution is -0.123. The van der Waals surface area contributed by atoms with Gasteiger partial charge < -0.3 is 15.0 Å². The van der Waals surface area contributed by atoms with E-state index in [1.54, 1.807) is 6.20 Å². The predicted octanol–water partition coefficient (Wildman–Crippen LogP) is 1.39. The van der Waals surface area contributed by atoms with E-state index in [0.29, 0.717) is 12.3 Å². The number of carboxylic acid groups (broad SMARTS) is 1. The van der Waals surface area contributed by atoms with Crippen LogP contribution < -0.4 is 5.32 Å². The van der Waals surface area contributed by atoms with E-state index in [0.717, 1.165) is 17.9 Å². The molecule has 1 saturated heterocycles. The molecule has 1 unspecified atom stereocenters. The zero-order chi connectivity index (χ0) is 15.2. The van der Waals surface area contributed by atoms with E-state index in [-0.39, 0.29) is 12.4 Å². The highest BCUT2D eigenvalue weighted by molar-refractivity contribution is 5.79. The van der Waals surface area contributed by atoms with Gasteiger partial charge in [0, 0.05) is 43.9 Å². The van der Waals surface area contributed by atoms with Gasteiger partial charge >= 0.3 is 0 Å². The van der Waals surface area contributed by atoms with E-state index in [1.807, 2.05) is 17.8 Å². The number of benzene rings is 1. The Morgan fingerprint density at radius 1 is 1.38 bits per heavy atom. The first-order valence-corrected chi connectivity index (χ1v) is 6.58. The minimum absolute atomic E-state index is 0.146. The summed E-state index contributed by atoms with van der Waals surface area (Å²) in [4.78, 5) is 23.9. The number of hydrogen-bond acceptors (Lipinski definition) is 3. The molecule has 1 aliphatic heterocycles. The molecule has 0 bridgehead atoms. The Labute approximate surface area is 122 Å². The summed E-state index contributed by atoms with van der Waals surface area (Å²) >= 11 is 0. The number of aryl methyl sites for hydroxylation is 1. The van der Waals surface area contributed by atoms with Gasteiger partial charge in [-0.2, -0.15) is 0 Å². The van der Waals surface area contributed by atoms with Crippen molar-refractivity contribution in [1.29, 1.82) is 0 Å². The van der Waals surface area contributed by atoms with Crippen LogP contribution >= 0.6 is 0 Å². The first-order chi connectivity index (χ1) is 10.2. The highest BCUT2D eigenvalue weighted by atomic mass is 16.3. The second-order valence-corrected chi connectivity index (χ2v) is 4.79. The van der Waals surface area contributed by atoms with E-state index in [1.165, 1.54) is 5.56 Å². The number of amides is 1. The van der Waals surface area contributed by atoms with Gasteiger partial charge in [-0.15, -0.1) is 0 Å². The van der Waals surface area contributed by atoms with Crippen molar-refractivity contribution in [3.8, 4) is 11.4 Å². The van der Waals surface area contributed by atoms with Crippen LogP contribution in [-0.4, -0.2) is 33.6 Å². The monoisotopic (exact) mass is 287 g/mol. The minimum atomic E-state index is -0.250. The summed E-state index contributed by atoms with van der Waals surface area (Å²) in [5, 5.41) is 9.75. The van der Waals surface area contributed by atoms with Crippen molar-refractivity contribution in [2.45, 2.75) is 12.3 Å². The number of carbonyl (C=O) groups excluding carboxylic acids is 1. The average Bonchev–Trinajstić information content (AvgIpc) is 3.09. The predicted molar refractivity (Wildman–Crippen MR) is 77.7 cm³/mol. The van der Waals surface area contributed by atoms with Crippen molar-refractivity contribution in [2.24, 2.45) is 7.05 Å². The van der Waals surface area contributed by atoms with E-state index in [9.17, 15) is 4.79 Å². The van der Waals surface area contributed by atoms with Gasteiger partial charge in [0.25, 0.3) is 6.47 Å². The lowest BCUT2D eigenvalue weighted by Crippen LogP contribution is -2.13. The fraction of sp³-hybridized carbons (Fsp3) is 0.267. The Morgan fingerprint density at radius 2 is 2.05 bits per heavy atom. The van der Waals surface area contributed by atoms with Gasteiger partial charge in [-0.25, -0.2) is 4.98 Å². The summed E-state index contributed by atoms with van der Waals surface area (Å²) in [5.41, 5.74) is 2.31. The van der Waals surface area contributed by atoms with Gasteiger partial charge in [-0.1, -0.05) is 24.3 Å². The summed E-state index contributed by atoms with van der Waals surface area (Å²) in [7, 11) is 1.98. The lowest BCUT2D eigenvalue weighted by atomic mass is 9.97. The summed E-state index contributed by atoms with van der Waals surface area (Å²) in [6.07, 6.45) is 4.33. The summed E-state index contributed by atoms with van der Waals surface area (Å²) in [6, 6.07) is 8.32. The molecule has 1 atom stereocenters. The van der Waals surface area contributed by atoms with Crippen molar-refractivity contribution in [3.63, 3.8) is 0 Å². The third-order valence-electron chi connectivity index (χ3n) is 3.44. The van der Waals surface area contributed by atoms with Crippen LogP contribution in [0.25, 0.3) is 11.4 Å². The van der Waals surface area contributed by atoms with Crippen LogP contribution in [0.2, 0.25) is 0 Å². The normalized spacial score (nSPS) is 16.8. The molecule has 1 aliphatic rings. The highest BCUT2D eigenvalue weighted by Crippen LogP contribution is 2.25. The number of nitrogens with one attached hydrogen (secondary N) is 1. The van der Waals surface area contributed by atoms with Crippen molar-refractivity contribution < 1.29 is 14.7 Å². The summed E-state index contributed by atoms with van der Waals surface area (Å²) in [6.45, 7) is 0.501. The van der Waals surface area contributed by atoms with Crippen LogP contribution in [0.15, 0.2) is 36.7 Å². The second-order valence-electron chi connectivity index (χ2n) is 4.79. The third kappa shape index (κ3) is 3.47. The fourth-order valence-electron chi connectivity index (χ4n) is 2.39. The van der Waals surface area contributed by atoms with Gasteiger partial charge in [0.15, 0.2) is 0 Å². The number of nitrogens with zero attached hydrogens (tertiary/aromatic N) is 2. The van der Waals surface area contributed by atoms with E-state index >= 15 is 0 Å². The number of hydrogen-bond donors (Lipinski definition) is 2. The molecule has 2 N–H and O–H groups in total. The molecule has 0 saturated carbocycles. The van der Waals surface area contributed by atoms with Crippen LogP contribution in [0, 0.1) is 0 Å². The second kappa shape index (κ2) is 6.69. The molecule has 2 aromatic rings. The first kappa shape index (κ1) is 14.8. The maximum Gasteiger partial charge on any atom is 0.290 e.